The molecule has 0 amide bonds. The van der Waals surface area contributed by atoms with Gasteiger partial charge in [0.05, 0.1) is 5.56 Å². The summed E-state index contributed by atoms with van der Waals surface area (Å²) in [6.07, 6.45) is 1.96. The third-order valence-corrected chi connectivity index (χ3v) is 5.39. The first-order valence-corrected chi connectivity index (χ1v) is 9.51. The molecule has 0 spiro atoms. The smallest absolute Gasteiger partial charge is 0.356 e. The van der Waals surface area contributed by atoms with Gasteiger partial charge in [0.2, 0.25) is 0 Å². The van der Waals surface area contributed by atoms with Crippen molar-refractivity contribution >= 4 is 17.6 Å². The molecule has 0 aliphatic heterocycles. The van der Waals surface area contributed by atoms with Gasteiger partial charge in [0.15, 0.2) is 0 Å². The number of hydrogen-bond donors (Lipinski definition) is 1. The summed E-state index contributed by atoms with van der Waals surface area (Å²) in [5.41, 5.74) is 5.83. The van der Waals surface area contributed by atoms with E-state index in [1.54, 1.807) is 12.1 Å². The molecule has 0 heterocycles. The molecule has 2 atom stereocenters. The highest BCUT2D eigenvalue weighted by atomic mass is 35.5. The molecule has 0 bridgehead atoms. The molecule has 0 radical (unpaired) electrons. The van der Waals surface area contributed by atoms with Crippen molar-refractivity contribution in [3.05, 3.63) is 70.2 Å². The lowest BCUT2D eigenvalue weighted by Gasteiger charge is -2.18. The summed E-state index contributed by atoms with van der Waals surface area (Å²) in [5, 5.41) is 0.653. The molecule has 0 saturated heterocycles. The van der Waals surface area contributed by atoms with Gasteiger partial charge in [-0.25, -0.2) is 4.79 Å². The van der Waals surface area contributed by atoms with E-state index in [-0.39, 0.29) is 5.41 Å². The van der Waals surface area contributed by atoms with Crippen molar-refractivity contribution in [3.63, 3.8) is 0 Å². The van der Waals surface area contributed by atoms with Gasteiger partial charge in [-0.2, -0.15) is 5.48 Å². The van der Waals surface area contributed by atoms with Crippen LogP contribution < -0.4 is 5.48 Å². The summed E-state index contributed by atoms with van der Waals surface area (Å²) in [5.74, 6) is 0.740. The minimum atomic E-state index is -0.408. The van der Waals surface area contributed by atoms with Crippen LogP contribution in [0.1, 0.15) is 54.6 Å². The van der Waals surface area contributed by atoms with Crippen molar-refractivity contribution in [2.24, 2.45) is 11.3 Å². The molecule has 1 fully saturated rings. The summed E-state index contributed by atoms with van der Waals surface area (Å²) >= 11 is 6.44. The Bertz CT molecular complexity index is 767. The third-order valence-electron chi connectivity index (χ3n) is 5.06. The Morgan fingerprint density at radius 3 is 2.54 bits per heavy atom. The zero-order valence-corrected chi connectivity index (χ0v) is 16.3. The zero-order chi connectivity index (χ0) is 18.7. The average Bonchev–Trinajstić information content (AvgIpc) is 3.40. The van der Waals surface area contributed by atoms with Gasteiger partial charge < -0.3 is 4.84 Å². The van der Waals surface area contributed by atoms with E-state index in [0.29, 0.717) is 29.0 Å². The molecule has 1 aliphatic rings. The van der Waals surface area contributed by atoms with Crippen LogP contribution >= 0.6 is 11.6 Å². The highest BCUT2D eigenvalue weighted by Crippen LogP contribution is 2.57. The Morgan fingerprint density at radius 2 is 1.92 bits per heavy atom. The zero-order valence-electron chi connectivity index (χ0n) is 15.6. The number of carbonyl (C=O) groups excluding carboxylic acids is 1. The van der Waals surface area contributed by atoms with Gasteiger partial charge in [-0.15, -0.1) is 0 Å². The normalized spacial score (nSPS) is 19.2. The average molecular weight is 372 g/mol. The second-order valence-corrected chi connectivity index (χ2v) is 8.48. The fourth-order valence-electron chi connectivity index (χ4n) is 3.47. The molecule has 0 unspecified atom stereocenters. The molecule has 0 aromatic heterocycles. The number of rotatable bonds is 6. The number of hydrogen-bond acceptors (Lipinski definition) is 3. The maximum absolute atomic E-state index is 12.2. The summed E-state index contributed by atoms with van der Waals surface area (Å²) in [6, 6.07) is 15.6. The van der Waals surface area contributed by atoms with Crippen LogP contribution in [0.25, 0.3) is 0 Å². The van der Waals surface area contributed by atoms with Crippen LogP contribution in [0.5, 0.6) is 0 Å². The fraction of sp³-hybridized carbons (Fsp3) is 0.409. The predicted octanol–water partition coefficient (Wildman–Crippen LogP) is 5.39. The van der Waals surface area contributed by atoms with Crippen molar-refractivity contribution < 1.29 is 9.63 Å². The fourth-order valence-corrected chi connectivity index (χ4v) is 3.79. The topological polar surface area (TPSA) is 38.3 Å². The first kappa shape index (κ1) is 18.9. The van der Waals surface area contributed by atoms with Gasteiger partial charge in [-0.3, -0.25) is 0 Å². The Morgan fingerprint density at radius 1 is 1.19 bits per heavy atom. The summed E-state index contributed by atoms with van der Waals surface area (Å²) in [6.45, 7) is 7.35. The van der Waals surface area contributed by atoms with E-state index in [9.17, 15) is 4.79 Å². The van der Waals surface area contributed by atoms with E-state index in [2.05, 4.69) is 26.3 Å². The highest BCUT2D eigenvalue weighted by Gasteiger charge is 2.46. The first-order chi connectivity index (χ1) is 12.4. The molecule has 1 saturated carbocycles. The van der Waals surface area contributed by atoms with Crippen LogP contribution in [0.2, 0.25) is 5.02 Å². The van der Waals surface area contributed by atoms with Crippen LogP contribution in [0.3, 0.4) is 0 Å². The van der Waals surface area contributed by atoms with Crippen molar-refractivity contribution in [2.75, 3.05) is 6.54 Å². The van der Waals surface area contributed by atoms with Crippen molar-refractivity contribution in [3.8, 4) is 0 Å². The van der Waals surface area contributed by atoms with E-state index in [4.69, 9.17) is 16.4 Å². The van der Waals surface area contributed by atoms with Gasteiger partial charge in [0, 0.05) is 11.6 Å². The standard InChI is InChI=1S/C22H26ClNO2/c1-22(2,3)19-14-18(19)17-10-9-16(13-20(17)23)21(25)26-24-12-11-15-7-5-4-6-8-15/h4-10,13,18-19,24H,11-12,14H2,1-3H3/t18-,19+/m0/s1. The predicted molar refractivity (Wildman–Crippen MR) is 105 cm³/mol. The highest BCUT2D eigenvalue weighted by molar-refractivity contribution is 6.31. The molecule has 1 aliphatic carbocycles. The quantitative estimate of drug-likeness (QED) is 0.546. The monoisotopic (exact) mass is 371 g/mol. The van der Waals surface area contributed by atoms with E-state index in [1.165, 1.54) is 5.56 Å². The number of nitrogens with one attached hydrogen (secondary N) is 1. The lowest BCUT2D eigenvalue weighted by molar-refractivity contribution is 0.0256. The number of hydroxylamine groups is 1. The number of halogens is 1. The maximum atomic E-state index is 12.2. The van der Waals surface area contributed by atoms with Crippen molar-refractivity contribution in [2.45, 2.75) is 39.5 Å². The molecular weight excluding hydrogens is 346 g/mol. The van der Waals surface area contributed by atoms with Crippen LogP contribution in [0.4, 0.5) is 0 Å². The summed E-state index contributed by atoms with van der Waals surface area (Å²) in [7, 11) is 0. The second kappa shape index (κ2) is 7.81. The van der Waals surface area contributed by atoms with Gasteiger partial charge in [-0.05, 0) is 53.4 Å². The lowest BCUT2D eigenvalue weighted by atomic mass is 9.87. The van der Waals surface area contributed by atoms with Crippen LogP contribution in [-0.2, 0) is 11.3 Å². The molecule has 2 aromatic rings. The van der Waals surface area contributed by atoms with Crippen molar-refractivity contribution in [1.82, 2.24) is 5.48 Å². The summed E-state index contributed by atoms with van der Waals surface area (Å²) in [4.78, 5) is 17.3. The molecule has 1 N–H and O–H groups in total. The molecule has 4 heteroatoms. The molecule has 26 heavy (non-hydrogen) atoms. The van der Waals surface area contributed by atoms with E-state index >= 15 is 0 Å². The number of benzene rings is 2. The largest absolute Gasteiger partial charge is 0.367 e. The minimum absolute atomic E-state index is 0.286. The van der Waals surface area contributed by atoms with Gasteiger partial charge >= 0.3 is 5.97 Å². The lowest BCUT2D eigenvalue weighted by Crippen LogP contribution is -2.22. The van der Waals surface area contributed by atoms with E-state index in [1.807, 2.05) is 36.4 Å². The Kier molecular flexibility index (Phi) is 5.69. The van der Waals surface area contributed by atoms with Crippen molar-refractivity contribution in [1.29, 1.82) is 0 Å². The van der Waals surface area contributed by atoms with Gasteiger partial charge in [0.1, 0.15) is 0 Å². The molecular formula is C22H26ClNO2. The Hall–Kier alpha value is -1.84. The van der Waals surface area contributed by atoms with Crippen LogP contribution in [0.15, 0.2) is 48.5 Å². The molecule has 2 aromatic carbocycles. The summed E-state index contributed by atoms with van der Waals surface area (Å²) < 4.78 is 0. The van der Waals surface area contributed by atoms with Gasteiger partial charge in [-0.1, -0.05) is 68.8 Å². The third kappa shape index (κ3) is 4.66. The van der Waals surface area contributed by atoms with Crippen LogP contribution in [-0.4, -0.2) is 12.5 Å². The molecule has 3 nitrogen and oxygen atoms in total. The number of carbonyl (C=O) groups is 1. The maximum Gasteiger partial charge on any atom is 0.356 e. The van der Waals surface area contributed by atoms with E-state index in [0.717, 1.165) is 18.4 Å². The molecule has 138 valence electrons. The van der Waals surface area contributed by atoms with E-state index < -0.39 is 5.97 Å². The Balaban J connectivity index is 1.51. The van der Waals surface area contributed by atoms with Gasteiger partial charge in [0.25, 0.3) is 0 Å². The second-order valence-electron chi connectivity index (χ2n) is 8.07. The SMILES string of the molecule is CC(C)(C)[C@@H]1C[C@H]1c1ccc(C(=O)ONCCc2ccccc2)cc1Cl. The molecule has 3 rings (SSSR count). The Labute approximate surface area is 160 Å². The first-order valence-electron chi connectivity index (χ1n) is 9.13. The minimum Gasteiger partial charge on any atom is -0.367 e. The van der Waals surface area contributed by atoms with Crippen LogP contribution in [0, 0.1) is 11.3 Å².